The van der Waals surface area contributed by atoms with E-state index in [2.05, 4.69) is 5.16 Å². The molecular formula is C12H11NO3S. The van der Waals surface area contributed by atoms with Crippen LogP contribution in [0, 0.1) is 0 Å². The third-order valence-corrected chi connectivity index (χ3v) is 3.67. The van der Waals surface area contributed by atoms with Crippen LogP contribution in [-0.2, 0) is 15.9 Å². The lowest BCUT2D eigenvalue weighted by Crippen LogP contribution is -2.05. The average molecular weight is 249 g/mol. The van der Waals surface area contributed by atoms with Crippen LogP contribution < -0.4 is 0 Å². The molecule has 3 unspecified atom stereocenters. The number of epoxide rings is 1. The van der Waals surface area contributed by atoms with Gasteiger partial charge in [-0.25, -0.2) is 0 Å². The van der Waals surface area contributed by atoms with Crippen molar-refractivity contribution in [3.63, 3.8) is 0 Å². The molecule has 1 aromatic carbocycles. The van der Waals surface area contributed by atoms with Gasteiger partial charge in [0.15, 0.2) is 11.9 Å². The van der Waals surface area contributed by atoms with Crippen molar-refractivity contribution in [1.82, 2.24) is 5.16 Å². The molecule has 1 aliphatic heterocycles. The maximum atomic E-state index is 11.2. The number of hydrogen-bond acceptors (Lipinski definition) is 4. The molecule has 2 heterocycles. The van der Waals surface area contributed by atoms with Crippen molar-refractivity contribution < 1.29 is 13.8 Å². The average Bonchev–Trinajstić information content (AvgIpc) is 3.01. The van der Waals surface area contributed by atoms with E-state index in [-0.39, 0.29) is 11.5 Å². The minimum atomic E-state index is -0.976. The molecule has 0 amide bonds. The Balaban J connectivity index is 1.81. The number of benzene rings is 1. The molecule has 2 aromatic rings. The van der Waals surface area contributed by atoms with Crippen molar-refractivity contribution in [1.29, 1.82) is 0 Å². The predicted molar refractivity (Wildman–Crippen MR) is 63.6 cm³/mol. The van der Waals surface area contributed by atoms with Crippen LogP contribution in [0.25, 0.3) is 11.3 Å². The van der Waals surface area contributed by atoms with E-state index < -0.39 is 11.2 Å². The Bertz CT molecular complexity index is 511. The van der Waals surface area contributed by atoms with Crippen molar-refractivity contribution in [3.05, 3.63) is 42.1 Å². The van der Waals surface area contributed by atoms with Crippen molar-refractivity contribution in [2.75, 3.05) is 6.26 Å². The fraction of sp³-hybridized carbons (Fsp3) is 0.250. The highest BCUT2D eigenvalue weighted by atomic mass is 32.2. The lowest BCUT2D eigenvalue weighted by molar-refractivity contribution is 0.374. The monoisotopic (exact) mass is 249 g/mol. The Morgan fingerprint density at radius 1 is 1.29 bits per heavy atom. The molecule has 3 atom stereocenters. The third kappa shape index (κ3) is 2.09. The van der Waals surface area contributed by atoms with E-state index in [9.17, 15) is 4.55 Å². The van der Waals surface area contributed by atoms with Crippen LogP contribution in [0.3, 0.4) is 0 Å². The summed E-state index contributed by atoms with van der Waals surface area (Å²) in [6.07, 6.45) is 1.45. The quantitative estimate of drug-likeness (QED) is 0.617. The SMILES string of the molecule is C[S+]([O-])C1OC1c1cc(-c2ccccc2)on1. The van der Waals surface area contributed by atoms with Gasteiger partial charge in [-0.3, -0.25) is 0 Å². The summed E-state index contributed by atoms with van der Waals surface area (Å²) in [6, 6.07) is 11.6. The van der Waals surface area contributed by atoms with Gasteiger partial charge in [-0.15, -0.1) is 0 Å². The van der Waals surface area contributed by atoms with Gasteiger partial charge in [0, 0.05) is 11.6 Å². The fourth-order valence-corrected chi connectivity index (χ4v) is 2.49. The molecular weight excluding hydrogens is 238 g/mol. The van der Waals surface area contributed by atoms with Gasteiger partial charge in [-0.1, -0.05) is 35.5 Å². The first-order chi connectivity index (χ1) is 8.25. The smallest absolute Gasteiger partial charge is 0.249 e. The highest BCUT2D eigenvalue weighted by molar-refractivity contribution is 7.91. The van der Waals surface area contributed by atoms with Gasteiger partial charge in [0.25, 0.3) is 0 Å². The highest BCUT2D eigenvalue weighted by Crippen LogP contribution is 2.42. The number of aromatic nitrogens is 1. The number of nitrogens with zero attached hydrogens (tertiary/aromatic N) is 1. The maximum absolute atomic E-state index is 11.2. The Kier molecular flexibility index (Phi) is 2.66. The van der Waals surface area contributed by atoms with Gasteiger partial charge < -0.3 is 13.8 Å². The van der Waals surface area contributed by atoms with Crippen molar-refractivity contribution in [2.45, 2.75) is 11.5 Å². The van der Waals surface area contributed by atoms with Gasteiger partial charge in [-0.2, -0.15) is 0 Å². The molecule has 0 N–H and O–H groups in total. The third-order valence-electron chi connectivity index (χ3n) is 2.66. The normalized spacial score (nSPS) is 24.6. The van der Waals surface area contributed by atoms with Crippen molar-refractivity contribution in [3.8, 4) is 11.3 Å². The van der Waals surface area contributed by atoms with Crippen LogP contribution in [-0.4, -0.2) is 21.4 Å². The number of ether oxygens (including phenoxy) is 1. The Morgan fingerprint density at radius 3 is 2.71 bits per heavy atom. The largest absolute Gasteiger partial charge is 0.614 e. The summed E-state index contributed by atoms with van der Waals surface area (Å²) in [5, 5.41) is 3.95. The van der Waals surface area contributed by atoms with Gasteiger partial charge >= 0.3 is 0 Å². The minimum absolute atomic E-state index is 0.179. The second-order valence-electron chi connectivity index (χ2n) is 3.91. The summed E-state index contributed by atoms with van der Waals surface area (Å²) in [5.74, 6) is 0.705. The van der Waals surface area contributed by atoms with Gasteiger partial charge in [-0.05, 0) is 11.2 Å². The molecule has 0 aliphatic carbocycles. The number of hydrogen-bond donors (Lipinski definition) is 0. The van der Waals surface area contributed by atoms with E-state index in [0.29, 0.717) is 11.5 Å². The maximum Gasteiger partial charge on any atom is 0.249 e. The van der Waals surface area contributed by atoms with E-state index in [0.717, 1.165) is 5.56 Å². The topological polar surface area (TPSA) is 61.6 Å². The van der Waals surface area contributed by atoms with E-state index in [4.69, 9.17) is 9.26 Å². The van der Waals surface area contributed by atoms with Crippen LogP contribution in [0.2, 0.25) is 0 Å². The van der Waals surface area contributed by atoms with Crippen LogP contribution in [0.15, 0.2) is 40.9 Å². The van der Waals surface area contributed by atoms with Crippen LogP contribution in [0.4, 0.5) is 0 Å². The molecule has 0 spiro atoms. The van der Waals surface area contributed by atoms with E-state index in [1.165, 1.54) is 0 Å². The first-order valence-corrected chi connectivity index (χ1v) is 6.87. The zero-order valence-corrected chi connectivity index (χ0v) is 10.0. The summed E-state index contributed by atoms with van der Waals surface area (Å²) < 4.78 is 21.7. The zero-order chi connectivity index (χ0) is 11.8. The molecule has 0 saturated carbocycles. The first-order valence-electron chi connectivity index (χ1n) is 5.25. The highest BCUT2D eigenvalue weighted by Gasteiger charge is 2.50. The summed E-state index contributed by atoms with van der Waals surface area (Å²) in [5.41, 5.74) is 1.45. The second-order valence-corrected chi connectivity index (χ2v) is 5.37. The Hall–Kier alpha value is -1.30. The summed E-state index contributed by atoms with van der Waals surface area (Å²) in [6.45, 7) is 0. The van der Waals surface area contributed by atoms with E-state index in [1.807, 2.05) is 36.4 Å². The van der Waals surface area contributed by atoms with Crippen LogP contribution >= 0.6 is 0 Å². The van der Waals surface area contributed by atoms with Crippen molar-refractivity contribution >= 4 is 11.2 Å². The lowest BCUT2D eigenvalue weighted by atomic mass is 10.1. The fourth-order valence-electron chi connectivity index (χ4n) is 1.72. The molecule has 3 rings (SSSR count). The molecule has 5 heteroatoms. The molecule has 1 saturated heterocycles. The minimum Gasteiger partial charge on any atom is -0.614 e. The second kappa shape index (κ2) is 4.18. The van der Waals surface area contributed by atoms with Gasteiger partial charge in [0.05, 0.1) is 6.26 Å². The molecule has 17 heavy (non-hydrogen) atoms. The van der Waals surface area contributed by atoms with Gasteiger partial charge in [0.1, 0.15) is 5.69 Å². The Morgan fingerprint density at radius 2 is 2.06 bits per heavy atom. The van der Waals surface area contributed by atoms with E-state index >= 15 is 0 Å². The molecule has 1 aromatic heterocycles. The first kappa shape index (κ1) is 10.8. The molecule has 1 aliphatic rings. The molecule has 0 bridgehead atoms. The van der Waals surface area contributed by atoms with Crippen molar-refractivity contribution in [2.24, 2.45) is 0 Å². The molecule has 0 radical (unpaired) electrons. The van der Waals surface area contributed by atoms with Crippen LogP contribution in [0.5, 0.6) is 0 Å². The zero-order valence-electron chi connectivity index (χ0n) is 9.20. The molecule has 88 valence electrons. The van der Waals surface area contributed by atoms with Gasteiger partial charge in [0.2, 0.25) is 5.44 Å². The standard InChI is InChI=1S/C12H11NO3S/c1-17(14)12-11(15-12)9-7-10(16-13-9)8-5-3-2-4-6-8/h2-7,11-12H,1H3. The van der Waals surface area contributed by atoms with E-state index in [1.54, 1.807) is 6.26 Å². The van der Waals surface area contributed by atoms with Crippen LogP contribution in [0.1, 0.15) is 11.8 Å². The summed E-state index contributed by atoms with van der Waals surface area (Å²) in [7, 11) is 0. The summed E-state index contributed by atoms with van der Waals surface area (Å²) >= 11 is -0.976. The summed E-state index contributed by atoms with van der Waals surface area (Å²) in [4.78, 5) is 0. The molecule has 4 nitrogen and oxygen atoms in total. The lowest BCUT2D eigenvalue weighted by Gasteiger charge is -1.96. The number of rotatable bonds is 3. The molecule has 1 fully saturated rings. The Labute approximate surface area is 102 Å². The predicted octanol–water partition coefficient (Wildman–Crippen LogP) is 2.12.